The average Bonchev–Trinajstić information content (AvgIpc) is 2.76. The Morgan fingerprint density at radius 2 is 2.39 bits per heavy atom. The maximum Gasteiger partial charge on any atom is 0.305 e. The van der Waals surface area contributed by atoms with Crippen molar-refractivity contribution < 1.29 is 14.6 Å². The van der Waals surface area contributed by atoms with Crippen molar-refractivity contribution in [2.24, 2.45) is 0 Å². The van der Waals surface area contributed by atoms with Gasteiger partial charge in [0.1, 0.15) is 5.75 Å². The average molecular weight is 270 g/mol. The van der Waals surface area contributed by atoms with Gasteiger partial charge in [-0.15, -0.1) is 0 Å². The van der Waals surface area contributed by atoms with Crippen molar-refractivity contribution in [1.82, 2.24) is 0 Å². The Morgan fingerprint density at radius 1 is 1.61 bits per heavy atom. The summed E-state index contributed by atoms with van der Waals surface area (Å²) in [5, 5.41) is 9.45. The highest BCUT2D eigenvalue weighted by Crippen LogP contribution is 2.33. The zero-order chi connectivity index (χ0) is 13.1. The van der Waals surface area contributed by atoms with Gasteiger partial charge in [-0.1, -0.05) is 11.6 Å². The highest BCUT2D eigenvalue weighted by Gasteiger charge is 2.27. The number of hydrogen-bond donors (Lipinski definition) is 1. The van der Waals surface area contributed by atoms with Gasteiger partial charge < -0.3 is 14.7 Å². The zero-order valence-electron chi connectivity index (χ0n) is 10.2. The second-order valence-corrected chi connectivity index (χ2v) is 4.81. The fraction of sp³-hybridized carbons (Fsp3) is 0.462. The molecule has 5 heteroatoms. The third-order valence-electron chi connectivity index (χ3n) is 3.25. The Bertz CT molecular complexity index is 450. The number of nitrogens with zero attached hydrogens (tertiary/aromatic N) is 1. The van der Waals surface area contributed by atoms with Crippen molar-refractivity contribution in [3.63, 3.8) is 0 Å². The zero-order valence-corrected chi connectivity index (χ0v) is 11.0. The van der Waals surface area contributed by atoms with Crippen molar-refractivity contribution in [2.75, 3.05) is 18.6 Å². The van der Waals surface area contributed by atoms with Gasteiger partial charge >= 0.3 is 5.97 Å². The molecule has 1 aliphatic rings. The van der Waals surface area contributed by atoms with Crippen LogP contribution in [0, 0.1) is 0 Å². The molecule has 0 aromatic heterocycles. The normalized spacial score (nSPS) is 19.0. The number of carboxylic acid groups (broad SMARTS) is 1. The van der Waals surface area contributed by atoms with Crippen LogP contribution in [0.25, 0.3) is 0 Å². The van der Waals surface area contributed by atoms with Crippen LogP contribution in [0.1, 0.15) is 19.3 Å². The molecule has 0 saturated carbocycles. The minimum atomic E-state index is -0.758. The molecule has 2 rings (SSSR count). The summed E-state index contributed by atoms with van der Waals surface area (Å²) in [6.07, 6.45) is 2.10. The Labute approximate surface area is 111 Å². The van der Waals surface area contributed by atoms with E-state index in [2.05, 4.69) is 4.90 Å². The van der Waals surface area contributed by atoms with E-state index in [4.69, 9.17) is 21.4 Å². The molecule has 98 valence electrons. The van der Waals surface area contributed by atoms with Gasteiger partial charge in [0.05, 0.1) is 18.6 Å². The van der Waals surface area contributed by atoms with Gasteiger partial charge in [0.15, 0.2) is 0 Å². The minimum absolute atomic E-state index is 0.0620. The molecule has 0 spiro atoms. The van der Waals surface area contributed by atoms with Crippen molar-refractivity contribution in [3.05, 3.63) is 23.2 Å². The van der Waals surface area contributed by atoms with Gasteiger partial charge in [-0.3, -0.25) is 4.79 Å². The maximum atomic E-state index is 10.8. The molecule has 1 fully saturated rings. The third kappa shape index (κ3) is 2.70. The van der Waals surface area contributed by atoms with E-state index in [1.807, 2.05) is 18.2 Å². The highest BCUT2D eigenvalue weighted by molar-refractivity contribution is 6.32. The van der Waals surface area contributed by atoms with Gasteiger partial charge in [-0.05, 0) is 31.0 Å². The number of benzene rings is 1. The topological polar surface area (TPSA) is 49.8 Å². The number of aliphatic carboxylic acids is 1. The van der Waals surface area contributed by atoms with E-state index in [9.17, 15) is 4.79 Å². The number of ether oxygens (including phenoxy) is 1. The van der Waals surface area contributed by atoms with Crippen LogP contribution in [0.5, 0.6) is 5.75 Å². The van der Waals surface area contributed by atoms with Crippen LogP contribution in [-0.4, -0.2) is 30.8 Å². The number of carbonyl (C=O) groups is 1. The van der Waals surface area contributed by atoms with Gasteiger partial charge in [0.2, 0.25) is 0 Å². The molecule has 0 radical (unpaired) electrons. The Morgan fingerprint density at radius 3 is 3.00 bits per heavy atom. The van der Waals surface area contributed by atoms with Gasteiger partial charge in [0, 0.05) is 18.3 Å². The van der Waals surface area contributed by atoms with E-state index in [1.54, 1.807) is 7.11 Å². The number of anilines is 1. The summed E-state index contributed by atoms with van der Waals surface area (Å²) < 4.78 is 5.11. The van der Waals surface area contributed by atoms with E-state index < -0.39 is 5.97 Å². The molecule has 0 amide bonds. The van der Waals surface area contributed by atoms with Crippen LogP contribution in [0.4, 0.5) is 5.69 Å². The Kier molecular flexibility index (Phi) is 3.97. The maximum absolute atomic E-state index is 10.8. The summed E-state index contributed by atoms with van der Waals surface area (Å²) in [5.74, 6) is -0.124. The Hall–Kier alpha value is -1.42. The molecule has 0 bridgehead atoms. The summed E-state index contributed by atoms with van der Waals surface area (Å²) in [7, 11) is 1.57. The van der Waals surface area contributed by atoms with Gasteiger partial charge in [-0.2, -0.15) is 0 Å². The van der Waals surface area contributed by atoms with E-state index in [-0.39, 0.29) is 12.5 Å². The van der Waals surface area contributed by atoms with E-state index in [1.165, 1.54) is 0 Å². The molecular weight excluding hydrogens is 254 g/mol. The van der Waals surface area contributed by atoms with Crippen molar-refractivity contribution in [2.45, 2.75) is 25.3 Å². The van der Waals surface area contributed by atoms with Crippen LogP contribution in [0.15, 0.2) is 18.2 Å². The van der Waals surface area contributed by atoms with E-state index in [0.29, 0.717) is 10.8 Å². The summed E-state index contributed by atoms with van der Waals surface area (Å²) in [5.41, 5.74) is 0.963. The fourth-order valence-electron chi connectivity index (χ4n) is 2.42. The number of halogens is 1. The fourth-order valence-corrected chi connectivity index (χ4v) is 2.68. The molecule has 1 unspecified atom stereocenters. The van der Waals surface area contributed by atoms with Crippen molar-refractivity contribution >= 4 is 23.3 Å². The lowest BCUT2D eigenvalue weighted by molar-refractivity contribution is -0.137. The van der Waals surface area contributed by atoms with Crippen LogP contribution in [0.3, 0.4) is 0 Å². The molecule has 1 aromatic rings. The summed E-state index contributed by atoms with van der Waals surface area (Å²) in [4.78, 5) is 12.9. The first-order valence-corrected chi connectivity index (χ1v) is 6.31. The van der Waals surface area contributed by atoms with Crippen molar-refractivity contribution in [3.8, 4) is 5.75 Å². The number of hydrogen-bond acceptors (Lipinski definition) is 3. The number of methoxy groups -OCH3 is 1. The lowest BCUT2D eigenvalue weighted by Crippen LogP contribution is -2.31. The lowest BCUT2D eigenvalue weighted by Gasteiger charge is -2.26. The standard InChI is InChI=1S/C13H16ClNO3/c1-18-12-5-4-10(7-11(12)14)15-6-2-3-9(15)8-13(16)17/h4-5,7,9H,2-3,6,8H2,1H3,(H,16,17). The van der Waals surface area contributed by atoms with E-state index >= 15 is 0 Å². The quantitative estimate of drug-likeness (QED) is 0.913. The summed E-state index contributed by atoms with van der Waals surface area (Å²) in [6.45, 7) is 0.876. The monoisotopic (exact) mass is 269 g/mol. The lowest BCUT2D eigenvalue weighted by atomic mass is 10.1. The predicted molar refractivity (Wildman–Crippen MR) is 70.6 cm³/mol. The molecule has 1 aromatic carbocycles. The molecule has 1 N–H and O–H groups in total. The largest absolute Gasteiger partial charge is 0.495 e. The number of rotatable bonds is 4. The third-order valence-corrected chi connectivity index (χ3v) is 3.55. The molecule has 4 nitrogen and oxygen atoms in total. The summed E-state index contributed by atoms with van der Waals surface area (Å²) in [6, 6.07) is 5.63. The molecule has 1 saturated heterocycles. The first-order chi connectivity index (χ1) is 8.61. The van der Waals surface area contributed by atoms with Gasteiger partial charge in [0.25, 0.3) is 0 Å². The van der Waals surface area contributed by atoms with Crippen LogP contribution in [-0.2, 0) is 4.79 Å². The first-order valence-electron chi connectivity index (χ1n) is 5.94. The second-order valence-electron chi connectivity index (χ2n) is 4.41. The number of carboxylic acids is 1. The molecule has 1 atom stereocenters. The predicted octanol–water partition coefficient (Wildman–Crippen LogP) is 2.79. The van der Waals surface area contributed by atoms with Crippen LogP contribution >= 0.6 is 11.6 Å². The molecular formula is C13H16ClNO3. The first kappa shape index (κ1) is 13.0. The minimum Gasteiger partial charge on any atom is -0.495 e. The van der Waals surface area contributed by atoms with E-state index in [0.717, 1.165) is 25.1 Å². The van der Waals surface area contributed by atoms with Crippen LogP contribution < -0.4 is 9.64 Å². The Balaban J connectivity index is 2.19. The molecule has 1 aliphatic heterocycles. The van der Waals surface area contributed by atoms with Crippen molar-refractivity contribution in [1.29, 1.82) is 0 Å². The molecule has 0 aliphatic carbocycles. The molecule has 18 heavy (non-hydrogen) atoms. The summed E-state index contributed by atoms with van der Waals surface area (Å²) >= 11 is 6.09. The van der Waals surface area contributed by atoms with Crippen LogP contribution in [0.2, 0.25) is 5.02 Å². The highest BCUT2D eigenvalue weighted by atomic mass is 35.5. The van der Waals surface area contributed by atoms with Gasteiger partial charge in [-0.25, -0.2) is 0 Å². The smallest absolute Gasteiger partial charge is 0.305 e. The SMILES string of the molecule is COc1ccc(N2CCCC2CC(=O)O)cc1Cl. The second kappa shape index (κ2) is 5.48. The molecule has 1 heterocycles.